The van der Waals surface area contributed by atoms with Crippen LogP contribution in [0.4, 0.5) is 11.5 Å². The van der Waals surface area contributed by atoms with Crippen molar-refractivity contribution in [2.24, 2.45) is 4.99 Å². The van der Waals surface area contributed by atoms with Crippen LogP contribution in [0.2, 0.25) is 0 Å². The van der Waals surface area contributed by atoms with Crippen LogP contribution in [0.3, 0.4) is 0 Å². The molecule has 0 aliphatic carbocycles. The molecule has 0 amide bonds. The third kappa shape index (κ3) is 2.67. The van der Waals surface area contributed by atoms with Crippen molar-refractivity contribution in [1.82, 2.24) is 9.97 Å². The van der Waals surface area contributed by atoms with E-state index in [0.29, 0.717) is 17.2 Å². The molecule has 0 atom stereocenters. The Labute approximate surface area is 127 Å². The summed E-state index contributed by atoms with van der Waals surface area (Å²) in [6, 6.07) is 9.29. The number of isothiocyanates is 1. The molecule has 0 aliphatic heterocycles. The number of hydrogen-bond donors (Lipinski definition) is 0. The normalized spacial score (nSPS) is 10.4. The van der Waals surface area contributed by atoms with E-state index in [4.69, 9.17) is 4.42 Å². The first-order valence-corrected chi connectivity index (χ1v) is 6.70. The molecule has 3 rings (SSSR count). The minimum absolute atomic E-state index is 0.534. The van der Waals surface area contributed by atoms with E-state index in [2.05, 4.69) is 32.3 Å². The first kappa shape index (κ1) is 13.4. The molecule has 0 N–H and O–H groups in total. The molecular weight excluding hydrogens is 284 g/mol. The molecular formula is C15H12N4OS. The molecule has 5 nitrogen and oxygen atoms in total. The van der Waals surface area contributed by atoms with Crippen molar-refractivity contribution in [3.05, 3.63) is 36.5 Å². The number of nitrogens with zero attached hydrogens (tertiary/aromatic N) is 4. The van der Waals surface area contributed by atoms with Crippen molar-refractivity contribution in [3.63, 3.8) is 0 Å². The number of oxazole rings is 1. The number of rotatable bonds is 3. The van der Waals surface area contributed by atoms with E-state index in [-0.39, 0.29) is 0 Å². The van der Waals surface area contributed by atoms with Gasteiger partial charge in [0.15, 0.2) is 5.58 Å². The summed E-state index contributed by atoms with van der Waals surface area (Å²) < 4.78 is 5.73. The lowest BCUT2D eigenvalue weighted by atomic mass is 10.3. The fourth-order valence-electron chi connectivity index (χ4n) is 1.94. The van der Waals surface area contributed by atoms with Gasteiger partial charge in [0, 0.05) is 20.3 Å². The predicted molar refractivity (Wildman–Crippen MR) is 86.3 cm³/mol. The van der Waals surface area contributed by atoms with Crippen molar-refractivity contribution in [1.29, 1.82) is 0 Å². The quantitative estimate of drug-likeness (QED) is 0.545. The van der Waals surface area contributed by atoms with E-state index >= 15 is 0 Å². The Kier molecular flexibility index (Phi) is 3.48. The topological polar surface area (TPSA) is 54.5 Å². The smallest absolute Gasteiger partial charge is 0.228 e. The second kappa shape index (κ2) is 5.44. The summed E-state index contributed by atoms with van der Waals surface area (Å²) in [5.41, 5.74) is 2.97. The number of hydrogen-bond acceptors (Lipinski definition) is 6. The highest BCUT2D eigenvalue weighted by atomic mass is 32.1. The lowest BCUT2D eigenvalue weighted by molar-refractivity contribution is 0.619. The maximum Gasteiger partial charge on any atom is 0.228 e. The minimum atomic E-state index is 0.534. The van der Waals surface area contributed by atoms with E-state index in [9.17, 15) is 0 Å². The van der Waals surface area contributed by atoms with Gasteiger partial charge in [0.2, 0.25) is 5.89 Å². The Morgan fingerprint density at radius 2 is 2.10 bits per heavy atom. The first-order chi connectivity index (χ1) is 10.2. The van der Waals surface area contributed by atoms with Crippen LogP contribution in [0.15, 0.2) is 45.9 Å². The second-order valence-corrected chi connectivity index (χ2v) is 4.86. The van der Waals surface area contributed by atoms with Gasteiger partial charge in [-0.2, -0.15) is 4.99 Å². The SMILES string of the molecule is CN(C)c1ccc(-c2nc3cc(N=C=S)ccc3o2)cn1. The van der Waals surface area contributed by atoms with Crippen molar-refractivity contribution >= 4 is 40.0 Å². The molecule has 0 aliphatic rings. The molecule has 0 spiro atoms. The number of pyridine rings is 1. The van der Waals surface area contributed by atoms with Crippen LogP contribution in [0.25, 0.3) is 22.6 Å². The second-order valence-electron chi connectivity index (χ2n) is 4.67. The highest BCUT2D eigenvalue weighted by Crippen LogP contribution is 2.27. The van der Waals surface area contributed by atoms with E-state index in [0.717, 1.165) is 16.9 Å². The summed E-state index contributed by atoms with van der Waals surface area (Å²) >= 11 is 4.60. The van der Waals surface area contributed by atoms with Gasteiger partial charge >= 0.3 is 0 Å². The van der Waals surface area contributed by atoms with Gasteiger partial charge in [-0.3, -0.25) is 0 Å². The fraction of sp³-hybridized carbons (Fsp3) is 0.133. The Balaban J connectivity index is 2.02. The highest BCUT2D eigenvalue weighted by Gasteiger charge is 2.09. The van der Waals surface area contributed by atoms with Crippen LogP contribution in [-0.4, -0.2) is 29.2 Å². The van der Waals surface area contributed by atoms with Crippen LogP contribution in [0.1, 0.15) is 0 Å². The maximum absolute atomic E-state index is 5.73. The molecule has 21 heavy (non-hydrogen) atoms. The molecule has 0 bridgehead atoms. The van der Waals surface area contributed by atoms with E-state index < -0.39 is 0 Å². The third-order valence-corrected chi connectivity index (χ3v) is 3.09. The summed E-state index contributed by atoms with van der Waals surface area (Å²) in [5, 5.41) is 2.34. The zero-order chi connectivity index (χ0) is 14.8. The van der Waals surface area contributed by atoms with Crippen LogP contribution in [-0.2, 0) is 0 Å². The van der Waals surface area contributed by atoms with Gasteiger partial charge in [0.1, 0.15) is 11.3 Å². The van der Waals surface area contributed by atoms with Crippen LogP contribution >= 0.6 is 12.2 Å². The summed E-state index contributed by atoms with van der Waals surface area (Å²) in [7, 11) is 3.89. The molecule has 0 radical (unpaired) electrons. The lowest BCUT2D eigenvalue weighted by Gasteiger charge is -2.10. The number of aliphatic imine (C=N–C) groups is 1. The monoisotopic (exact) mass is 296 g/mol. The molecule has 2 heterocycles. The van der Waals surface area contributed by atoms with Gasteiger partial charge in [-0.1, -0.05) is 0 Å². The van der Waals surface area contributed by atoms with Gasteiger partial charge in [-0.25, -0.2) is 9.97 Å². The first-order valence-electron chi connectivity index (χ1n) is 6.29. The van der Waals surface area contributed by atoms with E-state index in [1.54, 1.807) is 6.20 Å². The van der Waals surface area contributed by atoms with E-state index in [1.807, 2.05) is 49.3 Å². The average Bonchev–Trinajstić information content (AvgIpc) is 2.91. The molecule has 0 saturated carbocycles. The highest BCUT2D eigenvalue weighted by molar-refractivity contribution is 7.78. The van der Waals surface area contributed by atoms with Gasteiger partial charge < -0.3 is 9.32 Å². The summed E-state index contributed by atoms with van der Waals surface area (Å²) in [6.07, 6.45) is 1.75. The maximum atomic E-state index is 5.73. The Morgan fingerprint density at radius 1 is 1.24 bits per heavy atom. The van der Waals surface area contributed by atoms with Crippen molar-refractivity contribution in [2.45, 2.75) is 0 Å². The summed E-state index contributed by atoms with van der Waals surface area (Å²) in [6.45, 7) is 0. The molecule has 0 unspecified atom stereocenters. The molecule has 0 saturated heterocycles. The minimum Gasteiger partial charge on any atom is -0.436 e. The van der Waals surface area contributed by atoms with Gasteiger partial charge in [-0.05, 0) is 42.5 Å². The number of aromatic nitrogens is 2. The van der Waals surface area contributed by atoms with E-state index in [1.165, 1.54) is 0 Å². The molecule has 1 aromatic carbocycles. The zero-order valence-electron chi connectivity index (χ0n) is 11.6. The zero-order valence-corrected chi connectivity index (χ0v) is 12.4. The van der Waals surface area contributed by atoms with Crippen LogP contribution < -0.4 is 4.90 Å². The Hall–Kier alpha value is -2.56. The van der Waals surface area contributed by atoms with Crippen molar-refractivity contribution in [3.8, 4) is 11.5 Å². The summed E-state index contributed by atoms with van der Waals surface area (Å²) in [5.74, 6) is 1.42. The molecule has 6 heteroatoms. The fourth-order valence-corrected chi connectivity index (χ4v) is 2.04. The molecule has 104 valence electrons. The number of anilines is 1. The largest absolute Gasteiger partial charge is 0.436 e. The van der Waals surface area contributed by atoms with Crippen LogP contribution in [0.5, 0.6) is 0 Å². The Bertz CT molecular complexity index is 833. The lowest BCUT2D eigenvalue weighted by Crippen LogP contribution is -2.09. The van der Waals surface area contributed by atoms with Crippen molar-refractivity contribution < 1.29 is 4.42 Å². The van der Waals surface area contributed by atoms with Gasteiger partial charge in [-0.15, -0.1) is 0 Å². The number of fused-ring (bicyclic) bond motifs is 1. The third-order valence-electron chi connectivity index (χ3n) is 3.00. The Morgan fingerprint density at radius 3 is 2.76 bits per heavy atom. The predicted octanol–water partition coefficient (Wildman–Crippen LogP) is 3.69. The molecule has 0 fully saturated rings. The standard InChI is InChI=1S/C15H12N4OS/c1-19(2)14-6-3-10(8-16-14)15-18-12-7-11(17-9-21)4-5-13(12)20-15/h3-8H,1-2H3. The van der Waals surface area contributed by atoms with Gasteiger partial charge in [0.05, 0.1) is 16.4 Å². The summed E-state index contributed by atoms with van der Waals surface area (Å²) in [4.78, 5) is 14.7. The van der Waals surface area contributed by atoms with Gasteiger partial charge in [0.25, 0.3) is 0 Å². The number of benzene rings is 1. The number of thiocarbonyl (C=S) groups is 1. The average molecular weight is 296 g/mol. The van der Waals surface area contributed by atoms with Crippen molar-refractivity contribution in [2.75, 3.05) is 19.0 Å². The van der Waals surface area contributed by atoms with Crippen LogP contribution in [0, 0.1) is 0 Å². The molecule has 2 aromatic heterocycles. The molecule has 3 aromatic rings.